The number of aryl methyl sites for hydroxylation is 2. The Morgan fingerprint density at radius 2 is 1.65 bits per heavy atom. The number of nitrogens with zero attached hydrogens (tertiary/aromatic N) is 5. The van der Waals surface area contributed by atoms with Gasteiger partial charge in [-0.2, -0.15) is 4.98 Å². The molecule has 65 heavy (non-hydrogen) atoms. The van der Waals surface area contributed by atoms with Gasteiger partial charge < -0.3 is 35.1 Å². The van der Waals surface area contributed by atoms with Crippen molar-refractivity contribution in [2.45, 2.75) is 64.7 Å². The SMILES string of the molecule is CCc1cc(Nc2ncc(Br)c(Nc3ccc4nc(C)c(F)cc4c3P(C)(C)=O)n2)c(OC)cc1N1CCC2(CCN(CCNc3cc(F)c([C@H]4CCC(=O)NC4=O)c(F)c3)CC2)CC1. The maximum absolute atomic E-state index is 15.0. The zero-order chi connectivity index (χ0) is 46.2. The van der Waals surface area contributed by atoms with E-state index in [0.29, 0.717) is 61.8 Å². The molecule has 2 amide bonds. The first-order valence-electron chi connectivity index (χ1n) is 22.0. The summed E-state index contributed by atoms with van der Waals surface area (Å²) in [5.74, 6) is -2.78. The lowest BCUT2D eigenvalue weighted by molar-refractivity contribution is -0.134. The Bertz CT molecular complexity index is 2680. The van der Waals surface area contributed by atoms with Gasteiger partial charge in [0.1, 0.15) is 36.2 Å². The lowest BCUT2D eigenvalue weighted by Gasteiger charge is -2.47. The molecule has 0 saturated carbocycles. The van der Waals surface area contributed by atoms with Gasteiger partial charge in [-0.05, 0) is 135 Å². The Labute approximate surface area is 385 Å². The van der Waals surface area contributed by atoms with E-state index in [0.717, 1.165) is 76.1 Å². The molecule has 3 aliphatic rings. The van der Waals surface area contributed by atoms with Crippen LogP contribution < -0.4 is 36.2 Å². The second kappa shape index (κ2) is 18.9. The molecule has 1 spiro atoms. The Morgan fingerprint density at radius 1 is 0.938 bits per heavy atom. The second-order valence-electron chi connectivity index (χ2n) is 17.7. The van der Waals surface area contributed by atoms with Crippen molar-refractivity contribution in [2.75, 3.05) is 80.6 Å². The first-order chi connectivity index (χ1) is 31.0. The molecule has 3 saturated heterocycles. The van der Waals surface area contributed by atoms with Gasteiger partial charge in [0.2, 0.25) is 17.8 Å². The second-order valence-corrected chi connectivity index (χ2v) is 21.7. The molecule has 18 heteroatoms. The number of aromatic nitrogens is 3. The van der Waals surface area contributed by atoms with Gasteiger partial charge in [-0.15, -0.1) is 0 Å². The molecule has 0 bridgehead atoms. The number of carbonyl (C=O) groups excluding carboxylic acids is 2. The summed E-state index contributed by atoms with van der Waals surface area (Å²) in [6.45, 7) is 12.0. The summed E-state index contributed by atoms with van der Waals surface area (Å²) >= 11 is 3.56. The fourth-order valence-electron chi connectivity index (χ4n) is 9.52. The van der Waals surface area contributed by atoms with E-state index in [9.17, 15) is 18.5 Å². The van der Waals surface area contributed by atoms with Crippen molar-refractivity contribution < 1.29 is 32.1 Å². The van der Waals surface area contributed by atoms with Gasteiger partial charge >= 0.3 is 0 Å². The smallest absolute Gasteiger partial charge is 0.234 e. The fourth-order valence-corrected chi connectivity index (χ4v) is 11.3. The van der Waals surface area contributed by atoms with Crippen LogP contribution in [0.25, 0.3) is 10.9 Å². The highest BCUT2D eigenvalue weighted by Gasteiger charge is 2.38. The number of fused-ring (bicyclic) bond motifs is 1. The van der Waals surface area contributed by atoms with Crippen LogP contribution in [0.1, 0.15) is 68.2 Å². The van der Waals surface area contributed by atoms with E-state index in [1.54, 1.807) is 45.7 Å². The molecule has 5 aromatic rings. The highest BCUT2D eigenvalue weighted by Crippen LogP contribution is 2.45. The van der Waals surface area contributed by atoms with Gasteiger partial charge in [-0.3, -0.25) is 19.9 Å². The topological polar surface area (TPSA) is 154 Å². The molecule has 4 N–H and O–H groups in total. The number of carbonyl (C=O) groups is 2. The maximum atomic E-state index is 15.0. The average molecular weight is 977 g/mol. The summed E-state index contributed by atoms with van der Waals surface area (Å²) in [6, 6.07) is 11.6. The van der Waals surface area contributed by atoms with Crippen molar-refractivity contribution in [2.24, 2.45) is 5.41 Å². The third kappa shape index (κ3) is 9.97. The molecule has 0 unspecified atom stereocenters. The van der Waals surface area contributed by atoms with Crippen LogP contribution in [0.2, 0.25) is 0 Å². The van der Waals surface area contributed by atoms with E-state index < -0.39 is 42.3 Å². The van der Waals surface area contributed by atoms with Crippen molar-refractivity contribution >= 4 is 85.6 Å². The van der Waals surface area contributed by atoms with E-state index in [4.69, 9.17) is 9.72 Å². The summed E-state index contributed by atoms with van der Waals surface area (Å²) in [6.07, 6.45) is 6.85. The number of imide groups is 1. The number of amides is 2. The summed E-state index contributed by atoms with van der Waals surface area (Å²) < 4.78 is 64.9. The van der Waals surface area contributed by atoms with E-state index >= 15 is 8.78 Å². The lowest BCUT2D eigenvalue weighted by atomic mass is 9.71. The number of hydrogen-bond donors (Lipinski definition) is 4. The van der Waals surface area contributed by atoms with Crippen molar-refractivity contribution in [1.82, 2.24) is 25.2 Å². The summed E-state index contributed by atoms with van der Waals surface area (Å²) in [4.78, 5) is 42.3. The van der Waals surface area contributed by atoms with Crippen LogP contribution in [-0.2, 0) is 20.6 Å². The Kier molecular flexibility index (Phi) is 13.5. The van der Waals surface area contributed by atoms with Gasteiger partial charge in [-0.1, -0.05) is 6.92 Å². The van der Waals surface area contributed by atoms with Gasteiger partial charge in [0, 0.05) is 72.5 Å². The number of halogens is 4. The number of ether oxygens (including phenoxy) is 1. The lowest BCUT2D eigenvalue weighted by Crippen LogP contribution is -2.47. The van der Waals surface area contributed by atoms with E-state index in [1.807, 2.05) is 0 Å². The average Bonchev–Trinajstić information content (AvgIpc) is 3.26. The minimum absolute atomic E-state index is 0.0470. The number of piperidine rings is 3. The summed E-state index contributed by atoms with van der Waals surface area (Å²) in [5.41, 5.74) is 4.66. The molecule has 8 rings (SSSR count). The highest BCUT2D eigenvalue weighted by molar-refractivity contribution is 9.10. The first-order valence-corrected chi connectivity index (χ1v) is 25.4. The molecule has 5 heterocycles. The van der Waals surface area contributed by atoms with Gasteiger partial charge in [0.25, 0.3) is 0 Å². The number of anilines is 6. The van der Waals surface area contributed by atoms with Gasteiger partial charge in [0.05, 0.1) is 40.1 Å². The molecule has 0 aliphatic carbocycles. The van der Waals surface area contributed by atoms with Gasteiger partial charge in [0.15, 0.2) is 0 Å². The molecule has 3 fully saturated rings. The Balaban J connectivity index is 0.880. The highest BCUT2D eigenvalue weighted by atomic mass is 79.9. The maximum Gasteiger partial charge on any atom is 0.234 e. The van der Waals surface area contributed by atoms with Crippen LogP contribution in [0.15, 0.2) is 53.1 Å². The molecule has 3 aromatic carbocycles. The number of rotatable bonds is 13. The first kappa shape index (κ1) is 46.3. The standard InChI is InChI=1S/C47H54BrF3N9O4P/c1-6-28-21-38(56-46-53-26-32(48)44(58-46)55-37-9-8-36-31(43(37)65(4,5)63)24-33(49)27(2)54-36)40(64-3)25-39(28)60-18-13-47(14-19-60)11-16-59(17-12-47)20-15-52-29-22-34(50)42(35(51)23-29)30-7-10-41(61)57-45(30)62/h8-9,21-26,30,52H,6-7,10-20H2,1-5H3,(H,57,61,62)(H2,53,55,56,58)/t30-/m1/s1. The minimum Gasteiger partial charge on any atom is -0.494 e. The monoisotopic (exact) mass is 975 g/mol. The number of hydrogen-bond acceptors (Lipinski definition) is 12. The number of likely N-dealkylation sites (tertiary alicyclic amines) is 1. The minimum atomic E-state index is -2.93. The largest absolute Gasteiger partial charge is 0.494 e. The molecular formula is C47H54BrF3N9O4P. The molecule has 344 valence electrons. The van der Waals surface area contributed by atoms with E-state index in [1.165, 1.54) is 18.2 Å². The normalized spacial score (nSPS) is 17.9. The van der Waals surface area contributed by atoms with Crippen LogP contribution in [0.4, 0.5) is 47.7 Å². The third-order valence-electron chi connectivity index (χ3n) is 13.2. The predicted molar refractivity (Wildman–Crippen MR) is 254 cm³/mol. The summed E-state index contributed by atoms with van der Waals surface area (Å²) in [7, 11) is -1.28. The third-order valence-corrected chi connectivity index (χ3v) is 15.3. The summed E-state index contributed by atoms with van der Waals surface area (Å²) in [5, 5.41) is 13.0. The molecule has 1 atom stereocenters. The van der Waals surface area contributed by atoms with Crippen molar-refractivity contribution in [3.8, 4) is 5.75 Å². The Morgan fingerprint density at radius 3 is 2.31 bits per heavy atom. The molecular weight excluding hydrogens is 922 g/mol. The van der Waals surface area contributed by atoms with Crippen molar-refractivity contribution in [3.05, 3.63) is 87.4 Å². The fraction of sp³-hybridized carbons (Fsp3) is 0.426. The zero-order valence-electron chi connectivity index (χ0n) is 37.2. The molecule has 2 aromatic heterocycles. The number of methoxy groups -OCH3 is 1. The van der Waals surface area contributed by atoms with Crippen LogP contribution in [0, 0.1) is 29.8 Å². The van der Waals surface area contributed by atoms with Crippen LogP contribution in [-0.4, -0.2) is 91.4 Å². The predicted octanol–water partition coefficient (Wildman–Crippen LogP) is 9.13. The van der Waals surface area contributed by atoms with Crippen molar-refractivity contribution in [1.29, 1.82) is 0 Å². The number of pyridine rings is 1. The van der Waals surface area contributed by atoms with Gasteiger partial charge in [-0.25, -0.2) is 18.2 Å². The van der Waals surface area contributed by atoms with E-state index in [2.05, 4.69) is 76.0 Å². The zero-order valence-corrected chi connectivity index (χ0v) is 39.7. The Hall–Kier alpha value is -5.25. The molecule has 13 nitrogen and oxygen atoms in total. The quantitative estimate of drug-likeness (QED) is 0.0658. The number of nitrogens with one attached hydrogen (secondary N) is 4. The van der Waals surface area contributed by atoms with Crippen LogP contribution in [0.3, 0.4) is 0 Å². The molecule has 0 radical (unpaired) electrons. The van der Waals surface area contributed by atoms with Crippen LogP contribution in [0.5, 0.6) is 5.75 Å². The van der Waals surface area contributed by atoms with Crippen molar-refractivity contribution in [3.63, 3.8) is 0 Å². The van der Waals surface area contributed by atoms with E-state index in [-0.39, 0.29) is 29.5 Å². The van der Waals surface area contributed by atoms with Crippen LogP contribution >= 0.6 is 23.1 Å². The molecule has 3 aliphatic heterocycles. The number of benzene rings is 3.